The SMILES string of the molecule is CN1CCN(c2ccc3c(c2)CN(C)CCN3c2ccc(F)cc2)CC1. The summed E-state index contributed by atoms with van der Waals surface area (Å²) in [6.07, 6.45) is 0. The fourth-order valence-electron chi connectivity index (χ4n) is 3.87. The van der Waals surface area contributed by atoms with Gasteiger partial charge in [0.05, 0.1) is 0 Å². The number of fused-ring (bicyclic) bond motifs is 1. The van der Waals surface area contributed by atoms with Gasteiger partial charge in [-0.1, -0.05) is 0 Å². The van der Waals surface area contributed by atoms with Crippen LogP contribution in [0.5, 0.6) is 0 Å². The maximum atomic E-state index is 13.3. The van der Waals surface area contributed by atoms with E-state index in [1.165, 1.54) is 16.9 Å². The molecular weight excluding hydrogens is 327 g/mol. The number of hydrogen-bond donors (Lipinski definition) is 0. The van der Waals surface area contributed by atoms with Gasteiger partial charge in [0.1, 0.15) is 5.82 Å². The summed E-state index contributed by atoms with van der Waals surface area (Å²) in [6.45, 7) is 7.20. The first kappa shape index (κ1) is 17.3. The molecule has 0 aliphatic carbocycles. The number of anilines is 3. The molecule has 2 aliphatic rings. The molecule has 4 nitrogen and oxygen atoms in total. The number of piperazine rings is 1. The van der Waals surface area contributed by atoms with Gasteiger partial charge in [-0.2, -0.15) is 0 Å². The number of likely N-dealkylation sites (N-methyl/N-ethyl adjacent to an activating group) is 2. The molecule has 0 N–H and O–H groups in total. The van der Waals surface area contributed by atoms with Crippen LogP contribution in [0, 0.1) is 5.82 Å². The van der Waals surface area contributed by atoms with E-state index in [1.807, 2.05) is 12.1 Å². The molecule has 2 aromatic carbocycles. The van der Waals surface area contributed by atoms with Gasteiger partial charge < -0.3 is 19.6 Å². The third kappa shape index (κ3) is 3.55. The molecule has 1 saturated heterocycles. The van der Waals surface area contributed by atoms with Gasteiger partial charge >= 0.3 is 0 Å². The van der Waals surface area contributed by atoms with Crippen LogP contribution in [0.4, 0.5) is 21.5 Å². The summed E-state index contributed by atoms with van der Waals surface area (Å²) in [4.78, 5) is 9.53. The zero-order chi connectivity index (χ0) is 18.1. The molecule has 1 fully saturated rings. The Bertz CT molecular complexity index is 753. The summed E-state index contributed by atoms with van der Waals surface area (Å²) < 4.78 is 13.3. The fraction of sp³-hybridized carbons (Fsp3) is 0.429. The predicted octanol–water partition coefficient (Wildman–Crippen LogP) is 3.16. The zero-order valence-electron chi connectivity index (χ0n) is 15.7. The zero-order valence-corrected chi connectivity index (χ0v) is 15.7. The molecule has 0 atom stereocenters. The van der Waals surface area contributed by atoms with Crippen molar-refractivity contribution in [3.05, 3.63) is 53.8 Å². The largest absolute Gasteiger partial charge is 0.369 e. The molecule has 2 aromatic rings. The predicted molar refractivity (Wildman–Crippen MR) is 106 cm³/mol. The van der Waals surface area contributed by atoms with Crippen LogP contribution in [-0.4, -0.2) is 63.2 Å². The average Bonchev–Trinajstić information content (AvgIpc) is 2.81. The van der Waals surface area contributed by atoms with Gasteiger partial charge in [-0.3, -0.25) is 0 Å². The van der Waals surface area contributed by atoms with Gasteiger partial charge in [0.25, 0.3) is 0 Å². The van der Waals surface area contributed by atoms with Crippen LogP contribution in [0.2, 0.25) is 0 Å². The maximum absolute atomic E-state index is 13.3. The Labute approximate surface area is 155 Å². The van der Waals surface area contributed by atoms with E-state index in [4.69, 9.17) is 0 Å². The lowest BCUT2D eigenvalue weighted by atomic mass is 10.1. The molecule has 0 spiro atoms. The maximum Gasteiger partial charge on any atom is 0.123 e. The molecular formula is C21H27FN4. The van der Waals surface area contributed by atoms with Gasteiger partial charge in [0.2, 0.25) is 0 Å². The molecule has 5 heteroatoms. The lowest BCUT2D eigenvalue weighted by molar-refractivity contribution is 0.312. The molecule has 2 heterocycles. The minimum Gasteiger partial charge on any atom is -0.369 e. The summed E-state index contributed by atoms with van der Waals surface area (Å²) >= 11 is 0. The Morgan fingerprint density at radius 1 is 0.731 bits per heavy atom. The lowest BCUT2D eigenvalue weighted by Crippen LogP contribution is -2.44. The Hall–Kier alpha value is -2.11. The van der Waals surface area contributed by atoms with Crippen molar-refractivity contribution in [2.24, 2.45) is 0 Å². The molecule has 26 heavy (non-hydrogen) atoms. The highest BCUT2D eigenvalue weighted by Gasteiger charge is 2.21. The first-order chi connectivity index (χ1) is 12.6. The second-order valence-electron chi connectivity index (χ2n) is 7.47. The van der Waals surface area contributed by atoms with Gasteiger partial charge in [-0.25, -0.2) is 4.39 Å². The third-order valence-corrected chi connectivity index (χ3v) is 5.51. The summed E-state index contributed by atoms with van der Waals surface area (Å²) in [5.41, 5.74) is 4.94. The summed E-state index contributed by atoms with van der Waals surface area (Å²) in [6, 6.07) is 13.7. The normalized spacial score (nSPS) is 19.3. The van der Waals surface area contributed by atoms with Crippen molar-refractivity contribution >= 4 is 17.1 Å². The third-order valence-electron chi connectivity index (χ3n) is 5.51. The molecule has 0 bridgehead atoms. The lowest BCUT2D eigenvalue weighted by Gasteiger charge is -2.34. The van der Waals surface area contributed by atoms with E-state index in [-0.39, 0.29) is 5.82 Å². The standard InChI is InChI=1S/C21H27FN4/c1-23-9-12-25(13-10-23)20-7-8-21-17(15-20)16-24(2)11-14-26(21)19-5-3-18(22)4-6-19/h3-8,15H,9-14,16H2,1-2H3. The van der Waals surface area contributed by atoms with Crippen molar-refractivity contribution < 1.29 is 4.39 Å². The van der Waals surface area contributed by atoms with Crippen molar-refractivity contribution in [2.45, 2.75) is 6.54 Å². The van der Waals surface area contributed by atoms with Crippen molar-refractivity contribution in [3.63, 3.8) is 0 Å². The highest BCUT2D eigenvalue weighted by molar-refractivity contribution is 5.70. The highest BCUT2D eigenvalue weighted by Crippen LogP contribution is 2.34. The van der Waals surface area contributed by atoms with E-state index in [1.54, 1.807) is 12.1 Å². The summed E-state index contributed by atoms with van der Waals surface area (Å²) in [7, 11) is 4.35. The van der Waals surface area contributed by atoms with Crippen LogP contribution < -0.4 is 9.80 Å². The van der Waals surface area contributed by atoms with Crippen LogP contribution >= 0.6 is 0 Å². The van der Waals surface area contributed by atoms with Crippen molar-refractivity contribution in [1.29, 1.82) is 0 Å². The highest BCUT2D eigenvalue weighted by atomic mass is 19.1. The van der Waals surface area contributed by atoms with Crippen molar-refractivity contribution in [2.75, 3.05) is 63.2 Å². The smallest absolute Gasteiger partial charge is 0.123 e. The van der Waals surface area contributed by atoms with Crippen molar-refractivity contribution in [3.8, 4) is 0 Å². The van der Waals surface area contributed by atoms with Crippen LogP contribution in [0.25, 0.3) is 0 Å². The first-order valence-corrected chi connectivity index (χ1v) is 9.38. The molecule has 0 aromatic heterocycles. The quantitative estimate of drug-likeness (QED) is 0.821. The van der Waals surface area contributed by atoms with Crippen molar-refractivity contribution in [1.82, 2.24) is 9.80 Å². The van der Waals surface area contributed by atoms with E-state index in [0.29, 0.717) is 0 Å². The monoisotopic (exact) mass is 354 g/mol. The Morgan fingerprint density at radius 3 is 2.12 bits per heavy atom. The minimum absolute atomic E-state index is 0.189. The number of nitrogens with zero attached hydrogens (tertiary/aromatic N) is 4. The van der Waals surface area contributed by atoms with E-state index in [0.717, 1.165) is 51.5 Å². The second kappa shape index (κ2) is 7.25. The molecule has 2 aliphatic heterocycles. The molecule has 138 valence electrons. The summed E-state index contributed by atoms with van der Waals surface area (Å²) in [5, 5.41) is 0. The minimum atomic E-state index is -0.189. The first-order valence-electron chi connectivity index (χ1n) is 9.38. The number of benzene rings is 2. The average molecular weight is 354 g/mol. The van der Waals surface area contributed by atoms with Crippen LogP contribution in [0.1, 0.15) is 5.56 Å². The Kier molecular flexibility index (Phi) is 4.83. The fourth-order valence-corrected chi connectivity index (χ4v) is 3.87. The van der Waals surface area contributed by atoms with Gasteiger partial charge in [-0.05, 0) is 62.1 Å². The number of rotatable bonds is 2. The molecule has 0 radical (unpaired) electrons. The summed E-state index contributed by atoms with van der Waals surface area (Å²) in [5.74, 6) is -0.189. The van der Waals surface area contributed by atoms with Crippen LogP contribution in [-0.2, 0) is 6.54 Å². The Balaban J connectivity index is 1.66. The van der Waals surface area contributed by atoms with Crippen LogP contribution in [0.3, 0.4) is 0 Å². The van der Waals surface area contributed by atoms with E-state index in [2.05, 4.69) is 51.9 Å². The molecule has 0 amide bonds. The Morgan fingerprint density at radius 2 is 1.38 bits per heavy atom. The second-order valence-corrected chi connectivity index (χ2v) is 7.47. The molecule has 0 unspecified atom stereocenters. The van der Waals surface area contributed by atoms with E-state index < -0.39 is 0 Å². The van der Waals surface area contributed by atoms with Gasteiger partial charge in [0.15, 0.2) is 0 Å². The van der Waals surface area contributed by atoms with Gasteiger partial charge in [0, 0.05) is 62.9 Å². The van der Waals surface area contributed by atoms with E-state index in [9.17, 15) is 4.39 Å². The van der Waals surface area contributed by atoms with Gasteiger partial charge in [-0.15, -0.1) is 0 Å². The molecule has 0 saturated carbocycles. The topological polar surface area (TPSA) is 13.0 Å². The van der Waals surface area contributed by atoms with E-state index >= 15 is 0 Å². The van der Waals surface area contributed by atoms with Crippen LogP contribution in [0.15, 0.2) is 42.5 Å². The molecule has 4 rings (SSSR count). The number of hydrogen-bond acceptors (Lipinski definition) is 4. The number of halogens is 1.